The Labute approximate surface area is 133 Å². The summed E-state index contributed by atoms with van der Waals surface area (Å²) in [4.78, 5) is 27.7. The molecule has 0 fully saturated rings. The molecular weight excluding hydrogens is 298 g/mol. The number of nitrogens with one attached hydrogen (secondary N) is 2. The van der Waals surface area contributed by atoms with Gasteiger partial charge in [0.25, 0.3) is 0 Å². The highest BCUT2D eigenvalue weighted by atomic mass is 32.1. The lowest BCUT2D eigenvalue weighted by Crippen LogP contribution is -2.32. The second kappa shape index (κ2) is 7.70. The summed E-state index contributed by atoms with van der Waals surface area (Å²) < 4.78 is 0. The van der Waals surface area contributed by atoms with E-state index in [0.717, 1.165) is 16.3 Å². The third kappa shape index (κ3) is 4.96. The number of nitrogens with zero attached hydrogens (tertiary/aromatic N) is 1. The summed E-state index contributed by atoms with van der Waals surface area (Å²) in [5, 5.41) is 8.49. The van der Waals surface area contributed by atoms with E-state index in [1.807, 2.05) is 42.6 Å². The maximum Gasteiger partial charge on any atom is 0.222 e. The Balaban J connectivity index is 1.94. The van der Waals surface area contributed by atoms with Crippen LogP contribution in [0.1, 0.15) is 35.7 Å². The summed E-state index contributed by atoms with van der Waals surface area (Å²) in [6.45, 7) is 3.79. The van der Waals surface area contributed by atoms with Gasteiger partial charge in [0.1, 0.15) is 5.01 Å². The van der Waals surface area contributed by atoms with E-state index in [1.165, 1.54) is 18.3 Å². The Bertz CT molecular complexity index is 640. The molecule has 0 bridgehead atoms. The molecule has 0 spiro atoms. The van der Waals surface area contributed by atoms with Crippen molar-refractivity contribution in [2.24, 2.45) is 0 Å². The smallest absolute Gasteiger partial charge is 0.222 e. The molecule has 1 heterocycles. The number of carbonyl (C=O) groups excluding carboxylic acids is 2. The number of thiazole rings is 1. The van der Waals surface area contributed by atoms with E-state index in [1.54, 1.807) is 0 Å². The van der Waals surface area contributed by atoms with Crippen LogP contribution in [0.25, 0.3) is 0 Å². The summed E-state index contributed by atoms with van der Waals surface area (Å²) in [6, 6.07) is 9.16. The molecule has 0 saturated heterocycles. The first-order valence-corrected chi connectivity index (χ1v) is 7.92. The fourth-order valence-corrected chi connectivity index (χ4v) is 2.81. The van der Waals surface area contributed by atoms with Crippen LogP contribution in [-0.4, -0.2) is 16.8 Å². The maximum atomic E-state index is 12.1. The van der Waals surface area contributed by atoms with Gasteiger partial charge in [-0.1, -0.05) is 30.3 Å². The SMILES string of the molecule is CC(=O)N[C@@H](CC(=O)NCc1nc(C)cs1)c1ccccc1. The van der Waals surface area contributed by atoms with Crippen molar-refractivity contribution in [3.8, 4) is 0 Å². The van der Waals surface area contributed by atoms with Crippen LogP contribution in [0, 0.1) is 6.92 Å². The van der Waals surface area contributed by atoms with Crippen molar-refractivity contribution in [1.29, 1.82) is 0 Å². The molecule has 6 heteroatoms. The monoisotopic (exact) mass is 317 g/mol. The number of amides is 2. The quantitative estimate of drug-likeness (QED) is 0.859. The first kappa shape index (κ1) is 16.2. The molecule has 0 unspecified atom stereocenters. The zero-order valence-corrected chi connectivity index (χ0v) is 13.4. The molecule has 2 N–H and O–H groups in total. The van der Waals surface area contributed by atoms with Crippen molar-refractivity contribution < 1.29 is 9.59 Å². The van der Waals surface area contributed by atoms with Gasteiger partial charge in [0.15, 0.2) is 0 Å². The minimum atomic E-state index is -0.322. The largest absolute Gasteiger partial charge is 0.350 e. The molecule has 0 radical (unpaired) electrons. The minimum absolute atomic E-state index is 0.115. The fraction of sp³-hybridized carbons (Fsp3) is 0.312. The first-order valence-electron chi connectivity index (χ1n) is 7.04. The van der Waals surface area contributed by atoms with Gasteiger partial charge in [-0.25, -0.2) is 4.98 Å². The van der Waals surface area contributed by atoms with Gasteiger partial charge in [-0.2, -0.15) is 0 Å². The molecule has 2 amide bonds. The molecule has 0 aliphatic carbocycles. The molecule has 0 aliphatic heterocycles. The number of rotatable bonds is 6. The van der Waals surface area contributed by atoms with Crippen LogP contribution in [0.2, 0.25) is 0 Å². The van der Waals surface area contributed by atoms with Crippen LogP contribution in [0.4, 0.5) is 0 Å². The Kier molecular flexibility index (Phi) is 5.66. The van der Waals surface area contributed by atoms with Gasteiger partial charge in [0.2, 0.25) is 11.8 Å². The first-order chi connectivity index (χ1) is 10.5. The zero-order chi connectivity index (χ0) is 15.9. The van der Waals surface area contributed by atoms with Crippen molar-refractivity contribution in [2.75, 3.05) is 0 Å². The van der Waals surface area contributed by atoms with Gasteiger partial charge >= 0.3 is 0 Å². The summed E-state index contributed by atoms with van der Waals surface area (Å²) in [5.74, 6) is -0.271. The molecule has 0 saturated carbocycles. The number of benzene rings is 1. The van der Waals surface area contributed by atoms with Gasteiger partial charge < -0.3 is 10.6 Å². The standard InChI is InChI=1S/C16H19N3O2S/c1-11-10-22-16(18-11)9-17-15(21)8-14(19-12(2)20)13-6-4-3-5-7-13/h3-7,10,14H,8-9H2,1-2H3,(H,17,21)(H,19,20)/t14-/m0/s1. The average molecular weight is 317 g/mol. The maximum absolute atomic E-state index is 12.1. The van der Waals surface area contributed by atoms with Crippen molar-refractivity contribution in [1.82, 2.24) is 15.6 Å². The molecule has 1 aromatic heterocycles. The summed E-state index contributed by atoms with van der Waals surface area (Å²) in [5.41, 5.74) is 1.87. The number of carbonyl (C=O) groups is 2. The molecule has 22 heavy (non-hydrogen) atoms. The van der Waals surface area contributed by atoms with Gasteiger partial charge in [-0.05, 0) is 12.5 Å². The van der Waals surface area contributed by atoms with Crippen LogP contribution in [0.15, 0.2) is 35.7 Å². The fourth-order valence-electron chi connectivity index (χ4n) is 2.10. The molecule has 116 valence electrons. The van der Waals surface area contributed by atoms with E-state index >= 15 is 0 Å². The third-order valence-corrected chi connectivity index (χ3v) is 4.04. The van der Waals surface area contributed by atoms with Crippen molar-refractivity contribution in [3.63, 3.8) is 0 Å². The zero-order valence-electron chi connectivity index (χ0n) is 12.6. The van der Waals surface area contributed by atoms with E-state index in [-0.39, 0.29) is 24.3 Å². The Hall–Kier alpha value is -2.21. The molecule has 5 nitrogen and oxygen atoms in total. The van der Waals surface area contributed by atoms with Crippen LogP contribution in [0.5, 0.6) is 0 Å². The van der Waals surface area contributed by atoms with Gasteiger partial charge in [0, 0.05) is 18.0 Å². The number of hydrogen-bond acceptors (Lipinski definition) is 4. The van der Waals surface area contributed by atoms with Crippen LogP contribution in [0.3, 0.4) is 0 Å². The topological polar surface area (TPSA) is 71.1 Å². The summed E-state index contributed by atoms with van der Waals surface area (Å²) in [6.07, 6.45) is 0.202. The van der Waals surface area contributed by atoms with E-state index in [0.29, 0.717) is 6.54 Å². The Morgan fingerprint density at radius 1 is 1.27 bits per heavy atom. The number of hydrogen-bond donors (Lipinski definition) is 2. The summed E-state index contributed by atoms with van der Waals surface area (Å²) in [7, 11) is 0. The van der Waals surface area contributed by atoms with Gasteiger partial charge in [-0.15, -0.1) is 11.3 Å². The van der Waals surface area contributed by atoms with E-state index in [4.69, 9.17) is 0 Å². The van der Waals surface area contributed by atoms with E-state index in [2.05, 4.69) is 15.6 Å². The Morgan fingerprint density at radius 2 is 2.00 bits per heavy atom. The second-order valence-electron chi connectivity index (χ2n) is 5.03. The third-order valence-electron chi connectivity index (χ3n) is 3.07. The van der Waals surface area contributed by atoms with Crippen LogP contribution >= 0.6 is 11.3 Å². The second-order valence-corrected chi connectivity index (χ2v) is 5.97. The molecule has 2 aromatic rings. The minimum Gasteiger partial charge on any atom is -0.350 e. The molecule has 0 aliphatic rings. The molecule has 1 aromatic carbocycles. The normalized spacial score (nSPS) is 11.7. The van der Waals surface area contributed by atoms with Crippen LogP contribution < -0.4 is 10.6 Å². The molecule has 2 rings (SSSR count). The Morgan fingerprint density at radius 3 is 2.59 bits per heavy atom. The lowest BCUT2D eigenvalue weighted by Gasteiger charge is -2.17. The van der Waals surface area contributed by atoms with Gasteiger partial charge in [-0.3, -0.25) is 9.59 Å². The predicted molar refractivity (Wildman–Crippen MR) is 86.3 cm³/mol. The lowest BCUT2D eigenvalue weighted by atomic mass is 10.0. The lowest BCUT2D eigenvalue weighted by molar-refractivity contribution is -0.122. The predicted octanol–water partition coefficient (Wildman–Crippen LogP) is 2.34. The van der Waals surface area contributed by atoms with Crippen LogP contribution in [-0.2, 0) is 16.1 Å². The number of aromatic nitrogens is 1. The van der Waals surface area contributed by atoms with Crippen molar-refractivity contribution >= 4 is 23.2 Å². The van der Waals surface area contributed by atoms with Crippen molar-refractivity contribution in [3.05, 3.63) is 52.0 Å². The highest BCUT2D eigenvalue weighted by Crippen LogP contribution is 2.16. The highest BCUT2D eigenvalue weighted by molar-refractivity contribution is 7.09. The average Bonchev–Trinajstić information content (AvgIpc) is 2.91. The van der Waals surface area contributed by atoms with Gasteiger partial charge in [0.05, 0.1) is 19.0 Å². The molecule has 1 atom stereocenters. The van der Waals surface area contributed by atoms with E-state index in [9.17, 15) is 9.59 Å². The highest BCUT2D eigenvalue weighted by Gasteiger charge is 2.16. The molecular formula is C16H19N3O2S. The number of aryl methyl sites for hydroxylation is 1. The van der Waals surface area contributed by atoms with Crippen molar-refractivity contribution in [2.45, 2.75) is 32.9 Å². The van der Waals surface area contributed by atoms with E-state index < -0.39 is 0 Å². The summed E-state index contributed by atoms with van der Waals surface area (Å²) >= 11 is 1.52.